The Morgan fingerprint density at radius 3 is 2.35 bits per heavy atom. The van der Waals surface area contributed by atoms with E-state index >= 15 is 0 Å². The van der Waals surface area contributed by atoms with E-state index in [1.165, 1.54) is 22.6 Å². The Kier molecular flexibility index (Phi) is 5.17. The summed E-state index contributed by atoms with van der Waals surface area (Å²) in [5, 5.41) is 0. The zero-order valence-electron chi connectivity index (χ0n) is 8.80. The Bertz CT molecular complexity index is 410. The minimum absolute atomic E-state index is 0.0425. The summed E-state index contributed by atoms with van der Waals surface area (Å²) in [7, 11) is 0. The van der Waals surface area contributed by atoms with E-state index in [9.17, 15) is 18.0 Å². The summed E-state index contributed by atoms with van der Waals surface area (Å²) in [5.74, 6) is -0.480. The maximum atomic E-state index is 12.0. The van der Waals surface area contributed by atoms with Crippen molar-refractivity contribution in [2.75, 3.05) is 0 Å². The van der Waals surface area contributed by atoms with Crippen LogP contribution >= 0.6 is 22.6 Å². The highest BCUT2D eigenvalue weighted by Gasteiger charge is 2.25. The summed E-state index contributed by atoms with van der Waals surface area (Å²) in [6, 6.07) is 9.19. The summed E-state index contributed by atoms with van der Waals surface area (Å²) in [5.41, 5.74) is 0.942. The van der Waals surface area contributed by atoms with Crippen LogP contribution in [0.3, 0.4) is 0 Å². The molecule has 1 aromatic carbocycles. The molecule has 0 aliphatic carbocycles. The first-order valence-corrected chi connectivity index (χ1v) is 5.98. The van der Waals surface area contributed by atoms with Crippen molar-refractivity contribution in [1.29, 1.82) is 0 Å². The first kappa shape index (κ1) is 14.2. The molecule has 0 N–H and O–H groups in total. The molecule has 0 fully saturated rings. The number of ketones is 1. The third kappa shape index (κ3) is 5.86. The number of hydrogen-bond acceptors (Lipinski definition) is 1. The van der Waals surface area contributed by atoms with Crippen molar-refractivity contribution >= 4 is 28.4 Å². The van der Waals surface area contributed by atoms with Gasteiger partial charge in [-0.25, -0.2) is 0 Å². The monoisotopic (exact) mass is 354 g/mol. The van der Waals surface area contributed by atoms with Crippen molar-refractivity contribution in [3.05, 3.63) is 45.6 Å². The first-order chi connectivity index (χ1) is 7.88. The summed E-state index contributed by atoms with van der Waals surface area (Å²) in [6.07, 6.45) is -3.84. The number of rotatable bonds is 4. The number of benzene rings is 1. The molecule has 1 aromatic rings. The standard InChI is InChI=1S/C12H10F3IO/c13-12(14,15)8-10(16)11(17)7-6-9-4-2-1-3-5-9/h1-5,8H,6-7H2/b10-8-. The van der Waals surface area contributed by atoms with Crippen LogP contribution in [-0.4, -0.2) is 12.0 Å². The van der Waals surface area contributed by atoms with Gasteiger partial charge >= 0.3 is 6.18 Å². The van der Waals surface area contributed by atoms with E-state index < -0.39 is 12.0 Å². The molecule has 0 radical (unpaired) electrons. The summed E-state index contributed by atoms with van der Waals surface area (Å²) >= 11 is 1.43. The number of halogens is 4. The lowest BCUT2D eigenvalue weighted by molar-refractivity contribution is -0.115. The second-order valence-electron chi connectivity index (χ2n) is 3.44. The van der Waals surface area contributed by atoms with Crippen molar-refractivity contribution in [3.8, 4) is 0 Å². The Balaban J connectivity index is 2.54. The van der Waals surface area contributed by atoms with Crippen LogP contribution in [0.5, 0.6) is 0 Å². The van der Waals surface area contributed by atoms with Crippen molar-refractivity contribution in [1.82, 2.24) is 0 Å². The predicted molar refractivity (Wildman–Crippen MR) is 67.9 cm³/mol. The van der Waals surface area contributed by atoms with Crippen molar-refractivity contribution in [3.63, 3.8) is 0 Å². The molecule has 1 rings (SSSR count). The largest absolute Gasteiger partial charge is 0.410 e. The SMILES string of the molecule is O=C(CCc1ccccc1)/C(I)=C/C(F)(F)F. The van der Waals surface area contributed by atoms with Gasteiger partial charge < -0.3 is 0 Å². The molecule has 0 aromatic heterocycles. The molecule has 0 heterocycles. The van der Waals surface area contributed by atoms with Gasteiger partial charge in [0.25, 0.3) is 0 Å². The molecule has 0 amide bonds. The van der Waals surface area contributed by atoms with Gasteiger partial charge in [-0.1, -0.05) is 30.3 Å². The highest BCUT2D eigenvalue weighted by molar-refractivity contribution is 14.1. The van der Waals surface area contributed by atoms with Gasteiger partial charge in [0, 0.05) is 12.5 Å². The van der Waals surface area contributed by atoms with Gasteiger partial charge in [0.1, 0.15) is 0 Å². The average molecular weight is 354 g/mol. The van der Waals surface area contributed by atoms with Gasteiger partial charge in [-0.15, -0.1) is 0 Å². The van der Waals surface area contributed by atoms with Crippen LogP contribution in [0.4, 0.5) is 13.2 Å². The van der Waals surface area contributed by atoms with Crippen LogP contribution in [0.15, 0.2) is 40.0 Å². The summed E-state index contributed by atoms with van der Waals surface area (Å²) in [6.45, 7) is 0. The topological polar surface area (TPSA) is 17.1 Å². The molecule has 5 heteroatoms. The van der Waals surface area contributed by atoms with E-state index in [1.807, 2.05) is 30.3 Å². The Labute approximate surface area is 111 Å². The molecule has 0 saturated heterocycles. The number of carbonyl (C=O) groups is 1. The maximum absolute atomic E-state index is 12.0. The normalized spacial score (nSPS) is 12.6. The molecule has 0 bridgehead atoms. The summed E-state index contributed by atoms with van der Waals surface area (Å²) in [4.78, 5) is 11.4. The fourth-order valence-electron chi connectivity index (χ4n) is 1.25. The molecule has 0 unspecified atom stereocenters. The molecular formula is C12H10F3IO. The molecule has 17 heavy (non-hydrogen) atoms. The zero-order valence-corrected chi connectivity index (χ0v) is 11.0. The van der Waals surface area contributed by atoms with Crippen molar-refractivity contribution in [2.24, 2.45) is 0 Å². The van der Waals surface area contributed by atoms with Crippen LogP contribution in [0.25, 0.3) is 0 Å². The highest BCUT2D eigenvalue weighted by Crippen LogP contribution is 2.23. The number of alkyl halides is 3. The third-order valence-corrected chi connectivity index (χ3v) is 2.95. The van der Waals surface area contributed by atoms with Crippen LogP contribution in [0.1, 0.15) is 12.0 Å². The fraction of sp³-hybridized carbons (Fsp3) is 0.250. The Morgan fingerprint density at radius 2 is 1.82 bits per heavy atom. The van der Waals surface area contributed by atoms with Crippen molar-refractivity contribution < 1.29 is 18.0 Å². The highest BCUT2D eigenvalue weighted by atomic mass is 127. The van der Waals surface area contributed by atoms with Crippen molar-refractivity contribution in [2.45, 2.75) is 19.0 Å². The molecule has 0 spiro atoms. The van der Waals surface area contributed by atoms with E-state index in [4.69, 9.17) is 0 Å². The maximum Gasteiger partial charge on any atom is 0.410 e. The Morgan fingerprint density at radius 1 is 1.24 bits per heavy atom. The Hall–Kier alpha value is -0.850. The summed E-state index contributed by atoms with van der Waals surface area (Å²) < 4.78 is 35.7. The zero-order chi connectivity index (χ0) is 12.9. The van der Waals surface area contributed by atoms with Crippen LogP contribution in [0.2, 0.25) is 0 Å². The lowest BCUT2D eigenvalue weighted by atomic mass is 10.1. The fourth-order valence-corrected chi connectivity index (χ4v) is 1.87. The van der Waals surface area contributed by atoms with E-state index in [-0.39, 0.29) is 16.1 Å². The van der Waals surface area contributed by atoms with E-state index in [1.54, 1.807) is 0 Å². The minimum atomic E-state index is -4.43. The average Bonchev–Trinajstić information content (AvgIpc) is 2.25. The smallest absolute Gasteiger partial charge is 0.294 e. The number of hydrogen-bond donors (Lipinski definition) is 0. The lowest BCUT2D eigenvalue weighted by Gasteiger charge is -2.03. The van der Waals surface area contributed by atoms with Gasteiger partial charge in [-0.3, -0.25) is 4.79 Å². The number of aryl methyl sites for hydroxylation is 1. The quantitative estimate of drug-likeness (QED) is 0.589. The van der Waals surface area contributed by atoms with Gasteiger partial charge in [0.2, 0.25) is 0 Å². The predicted octanol–water partition coefficient (Wildman–Crippen LogP) is 4.07. The number of Topliss-reactive ketones (excluding diaryl/α,β-unsaturated/α-hetero) is 1. The lowest BCUT2D eigenvalue weighted by Crippen LogP contribution is -2.07. The third-order valence-electron chi connectivity index (χ3n) is 2.04. The first-order valence-electron chi connectivity index (χ1n) is 4.91. The molecule has 0 atom stereocenters. The molecule has 0 aliphatic heterocycles. The van der Waals surface area contributed by atoms with Gasteiger partial charge in [0.15, 0.2) is 5.78 Å². The number of carbonyl (C=O) groups excluding carboxylic acids is 1. The second kappa shape index (κ2) is 6.18. The van der Waals surface area contributed by atoms with Gasteiger partial charge in [-0.2, -0.15) is 13.2 Å². The van der Waals surface area contributed by atoms with Crippen LogP contribution in [-0.2, 0) is 11.2 Å². The molecule has 0 aliphatic rings. The molecule has 92 valence electrons. The van der Waals surface area contributed by atoms with Gasteiger partial charge in [-0.05, 0) is 34.6 Å². The number of allylic oxidation sites excluding steroid dienone is 2. The molecular weight excluding hydrogens is 344 g/mol. The van der Waals surface area contributed by atoms with Gasteiger partial charge in [0.05, 0.1) is 3.58 Å². The second-order valence-corrected chi connectivity index (χ2v) is 4.60. The van der Waals surface area contributed by atoms with E-state index in [0.29, 0.717) is 6.42 Å². The van der Waals surface area contributed by atoms with E-state index in [2.05, 4.69) is 0 Å². The molecule has 0 saturated carbocycles. The van der Waals surface area contributed by atoms with Crippen LogP contribution < -0.4 is 0 Å². The minimum Gasteiger partial charge on any atom is -0.294 e. The van der Waals surface area contributed by atoms with Crippen LogP contribution in [0, 0.1) is 0 Å². The van der Waals surface area contributed by atoms with E-state index in [0.717, 1.165) is 5.56 Å². The molecule has 1 nitrogen and oxygen atoms in total.